The minimum Gasteiger partial charge on any atom is -0.392 e. The average molecular weight is 306 g/mol. The van der Waals surface area contributed by atoms with Crippen molar-refractivity contribution in [2.75, 3.05) is 6.61 Å². The van der Waals surface area contributed by atoms with Crippen molar-refractivity contribution in [3.63, 3.8) is 0 Å². The number of hydrogen-bond donors (Lipinski definition) is 2. The van der Waals surface area contributed by atoms with Crippen molar-refractivity contribution in [1.82, 2.24) is 4.72 Å². The predicted molar refractivity (Wildman–Crippen MR) is 71.5 cm³/mol. The molecule has 1 heterocycles. The zero-order valence-corrected chi connectivity index (χ0v) is 12.0. The van der Waals surface area contributed by atoms with Crippen LogP contribution in [0.2, 0.25) is 5.02 Å². The molecular weight excluding hydrogens is 290 g/mol. The molecule has 1 fully saturated rings. The summed E-state index contributed by atoms with van der Waals surface area (Å²) in [4.78, 5) is -0.0141. The van der Waals surface area contributed by atoms with E-state index in [1.165, 1.54) is 12.1 Å². The minimum absolute atomic E-state index is 0.0141. The quantitative estimate of drug-likeness (QED) is 0.879. The van der Waals surface area contributed by atoms with Crippen LogP contribution in [-0.2, 0) is 21.4 Å². The smallest absolute Gasteiger partial charge is 0.242 e. The largest absolute Gasteiger partial charge is 0.392 e. The minimum atomic E-state index is -3.71. The van der Waals surface area contributed by atoms with E-state index in [-0.39, 0.29) is 28.7 Å². The van der Waals surface area contributed by atoms with Gasteiger partial charge in [0.1, 0.15) is 4.90 Å². The lowest BCUT2D eigenvalue weighted by molar-refractivity contribution is 0.117. The van der Waals surface area contributed by atoms with Crippen LogP contribution in [0, 0.1) is 0 Å². The van der Waals surface area contributed by atoms with E-state index in [0.29, 0.717) is 18.6 Å². The summed E-state index contributed by atoms with van der Waals surface area (Å²) >= 11 is 5.93. The number of benzene rings is 1. The van der Waals surface area contributed by atoms with E-state index in [1.54, 1.807) is 6.07 Å². The van der Waals surface area contributed by atoms with Gasteiger partial charge in [0.05, 0.1) is 23.8 Å². The van der Waals surface area contributed by atoms with Crippen molar-refractivity contribution >= 4 is 21.6 Å². The van der Waals surface area contributed by atoms with Crippen molar-refractivity contribution in [1.29, 1.82) is 0 Å². The molecule has 106 valence electrons. The summed E-state index contributed by atoms with van der Waals surface area (Å²) in [7, 11) is -3.71. The van der Waals surface area contributed by atoms with Gasteiger partial charge < -0.3 is 9.84 Å². The monoisotopic (exact) mass is 305 g/mol. The molecule has 7 heteroatoms. The molecule has 0 spiro atoms. The summed E-state index contributed by atoms with van der Waals surface area (Å²) in [5.74, 6) is 0. The van der Waals surface area contributed by atoms with Gasteiger partial charge in [-0.1, -0.05) is 17.7 Å². The molecule has 0 bridgehead atoms. The Hall–Kier alpha value is -0.660. The van der Waals surface area contributed by atoms with Gasteiger partial charge in [0.25, 0.3) is 0 Å². The van der Waals surface area contributed by atoms with E-state index in [0.717, 1.165) is 0 Å². The van der Waals surface area contributed by atoms with Gasteiger partial charge >= 0.3 is 0 Å². The Morgan fingerprint density at radius 2 is 2.26 bits per heavy atom. The second-order valence-corrected chi connectivity index (χ2v) is 6.60. The van der Waals surface area contributed by atoms with E-state index in [4.69, 9.17) is 21.4 Å². The molecule has 2 rings (SSSR count). The molecule has 2 atom stereocenters. The molecule has 1 aliphatic heterocycles. The van der Waals surface area contributed by atoms with Gasteiger partial charge in [-0.25, -0.2) is 13.1 Å². The Labute approximate surface area is 117 Å². The summed E-state index contributed by atoms with van der Waals surface area (Å²) in [6, 6.07) is 4.18. The fourth-order valence-electron chi connectivity index (χ4n) is 2.00. The molecule has 19 heavy (non-hydrogen) atoms. The number of rotatable bonds is 4. The molecule has 1 aliphatic rings. The first kappa shape index (κ1) is 14.7. The van der Waals surface area contributed by atoms with Crippen molar-refractivity contribution in [2.45, 2.75) is 37.0 Å². The van der Waals surface area contributed by atoms with Crippen LogP contribution in [0.1, 0.15) is 18.9 Å². The number of aliphatic hydroxyl groups is 1. The van der Waals surface area contributed by atoms with E-state index in [9.17, 15) is 8.42 Å². The maximum Gasteiger partial charge on any atom is 0.242 e. The van der Waals surface area contributed by atoms with E-state index < -0.39 is 10.0 Å². The lowest BCUT2D eigenvalue weighted by atomic mass is 10.2. The number of halogens is 1. The zero-order valence-electron chi connectivity index (χ0n) is 10.5. The Bertz CT molecular complexity index is 561. The van der Waals surface area contributed by atoms with Gasteiger partial charge in [-0.05, 0) is 31.0 Å². The molecule has 0 aromatic heterocycles. The molecule has 1 saturated heterocycles. The fraction of sp³-hybridized carbons (Fsp3) is 0.500. The Kier molecular flexibility index (Phi) is 4.47. The van der Waals surface area contributed by atoms with Gasteiger partial charge in [0.2, 0.25) is 10.0 Å². The van der Waals surface area contributed by atoms with Crippen molar-refractivity contribution in [3.05, 3.63) is 28.8 Å². The maximum atomic E-state index is 12.3. The van der Waals surface area contributed by atoms with Crippen LogP contribution in [0.5, 0.6) is 0 Å². The Morgan fingerprint density at radius 1 is 1.53 bits per heavy atom. The van der Waals surface area contributed by atoms with Crippen LogP contribution >= 0.6 is 11.6 Å². The van der Waals surface area contributed by atoms with Crippen LogP contribution < -0.4 is 4.72 Å². The maximum absolute atomic E-state index is 12.3. The number of aliphatic hydroxyl groups excluding tert-OH is 1. The second kappa shape index (κ2) is 5.76. The number of ether oxygens (including phenoxy) is 1. The van der Waals surface area contributed by atoms with Crippen LogP contribution in [-0.4, -0.2) is 32.3 Å². The molecule has 0 saturated carbocycles. The van der Waals surface area contributed by atoms with E-state index in [1.807, 2.05) is 6.92 Å². The van der Waals surface area contributed by atoms with Crippen LogP contribution in [0.15, 0.2) is 23.1 Å². The Morgan fingerprint density at radius 3 is 2.84 bits per heavy atom. The molecule has 0 amide bonds. The SMILES string of the molecule is CC1OCCC1NS(=O)(=O)c1cc(CO)ccc1Cl. The molecule has 0 aliphatic carbocycles. The van der Waals surface area contributed by atoms with Gasteiger partial charge in [0.15, 0.2) is 0 Å². The first-order chi connectivity index (χ1) is 8.94. The molecular formula is C12H16ClNO4S. The molecule has 1 aromatic carbocycles. The van der Waals surface area contributed by atoms with Crippen molar-refractivity contribution < 1.29 is 18.3 Å². The van der Waals surface area contributed by atoms with Gasteiger partial charge in [-0.15, -0.1) is 0 Å². The highest BCUT2D eigenvalue weighted by atomic mass is 35.5. The first-order valence-electron chi connectivity index (χ1n) is 5.97. The van der Waals surface area contributed by atoms with E-state index in [2.05, 4.69) is 4.72 Å². The van der Waals surface area contributed by atoms with E-state index >= 15 is 0 Å². The standard InChI is InChI=1S/C12H16ClNO4S/c1-8-11(4-5-18-8)14-19(16,17)12-6-9(7-15)2-3-10(12)13/h2-3,6,8,11,14-15H,4-5,7H2,1H3. The summed E-state index contributed by atoms with van der Waals surface area (Å²) in [5.41, 5.74) is 0.500. The molecule has 0 radical (unpaired) electrons. The van der Waals surface area contributed by atoms with Crippen LogP contribution in [0.25, 0.3) is 0 Å². The predicted octanol–water partition coefficient (Wildman–Crippen LogP) is 1.29. The lowest BCUT2D eigenvalue weighted by Gasteiger charge is -2.17. The second-order valence-electron chi connectivity index (χ2n) is 4.52. The Balaban J connectivity index is 2.28. The highest BCUT2D eigenvalue weighted by Crippen LogP contribution is 2.24. The number of hydrogen-bond acceptors (Lipinski definition) is 4. The van der Waals surface area contributed by atoms with Crippen LogP contribution in [0.4, 0.5) is 0 Å². The van der Waals surface area contributed by atoms with Gasteiger partial charge in [-0.2, -0.15) is 0 Å². The normalized spacial score (nSPS) is 23.7. The third-order valence-electron chi connectivity index (χ3n) is 3.15. The van der Waals surface area contributed by atoms with Gasteiger partial charge in [0, 0.05) is 6.61 Å². The molecule has 1 aromatic rings. The molecule has 5 nitrogen and oxygen atoms in total. The fourth-order valence-corrected chi connectivity index (χ4v) is 3.89. The van der Waals surface area contributed by atoms with Crippen molar-refractivity contribution in [3.8, 4) is 0 Å². The number of nitrogens with one attached hydrogen (secondary N) is 1. The lowest BCUT2D eigenvalue weighted by Crippen LogP contribution is -2.39. The van der Waals surface area contributed by atoms with Crippen molar-refractivity contribution in [2.24, 2.45) is 0 Å². The third kappa shape index (κ3) is 3.27. The summed E-state index contributed by atoms with van der Waals surface area (Å²) in [6.07, 6.45) is 0.479. The topological polar surface area (TPSA) is 75.6 Å². The zero-order chi connectivity index (χ0) is 14.0. The summed E-state index contributed by atoms with van der Waals surface area (Å²) in [5, 5.41) is 9.20. The first-order valence-corrected chi connectivity index (χ1v) is 7.83. The van der Waals surface area contributed by atoms with Gasteiger partial charge in [-0.3, -0.25) is 0 Å². The average Bonchev–Trinajstić information content (AvgIpc) is 2.75. The molecule has 2 unspecified atom stereocenters. The summed E-state index contributed by atoms with van der Waals surface area (Å²) < 4.78 is 32.5. The highest BCUT2D eigenvalue weighted by Gasteiger charge is 2.30. The third-order valence-corrected chi connectivity index (χ3v) is 5.12. The highest BCUT2D eigenvalue weighted by molar-refractivity contribution is 7.89. The van der Waals surface area contributed by atoms with Crippen LogP contribution in [0.3, 0.4) is 0 Å². The summed E-state index contributed by atoms with van der Waals surface area (Å²) in [6.45, 7) is 2.13. The molecule has 2 N–H and O–H groups in total. The number of sulfonamides is 1.